The minimum Gasteiger partial charge on any atom is -0.375 e. The summed E-state index contributed by atoms with van der Waals surface area (Å²) in [7, 11) is 4.90. The number of aromatic nitrogens is 1. The topological polar surface area (TPSA) is 72.0 Å². The van der Waals surface area contributed by atoms with Gasteiger partial charge in [-0.3, -0.25) is 14.6 Å². The summed E-state index contributed by atoms with van der Waals surface area (Å²) < 4.78 is 11.0. The highest BCUT2D eigenvalue weighted by molar-refractivity contribution is 5.87. The Morgan fingerprint density at radius 2 is 1.79 bits per heavy atom. The van der Waals surface area contributed by atoms with Crippen LogP contribution in [0.3, 0.4) is 0 Å². The van der Waals surface area contributed by atoms with Crippen LogP contribution in [0, 0.1) is 0 Å². The van der Waals surface area contributed by atoms with Crippen LogP contribution in [0.25, 0.3) is 11.1 Å². The molecule has 0 spiro atoms. The van der Waals surface area contributed by atoms with E-state index in [0.29, 0.717) is 19.6 Å². The van der Waals surface area contributed by atoms with Crippen molar-refractivity contribution in [3.63, 3.8) is 0 Å². The predicted octanol–water partition coefficient (Wildman–Crippen LogP) is 1.62. The number of amides is 2. The molecule has 0 radical (unpaired) electrons. The van der Waals surface area contributed by atoms with E-state index in [1.807, 2.05) is 36.4 Å². The van der Waals surface area contributed by atoms with Gasteiger partial charge in [0.2, 0.25) is 5.91 Å². The molecule has 2 amide bonds. The Balaban J connectivity index is 1.84. The molecule has 1 saturated heterocycles. The van der Waals surface area contributed by atoms with Crippen molar-refractivity contribution < 1.29 is 19.1 Å². The summed E-state index contributed by atoms with van der Waals surface area (Å²) in [6.07, 6.45) is 3.91. The number of ether oxygens (including phenoxy) is 2. The minimum atomic E-state index is -1.11. The van der Waals surface area contributed by atoms with Gasteiger partial charge in [0.15, 0.2) is 5.60 Å². The highest BCUT2D eigenvalue weighted by Gasteiger charge is 2.45. The Labute approximate surface area is 171 Å². The molecule has 1 aromatic carbocycles. The van der Waals surface area contributed by atoms with Crippen LogP contribution in [0.1, 0.15) is 5.56 Å². The van der Waals surface area contributed by atoms with Gasteiger partial charge in [-0.1, -0.05) is 24.3 Å². The quantitative estimate of drug-likeness (QED) is 0.741. The van der Waals surface area contributed by atoms with Crippen molar-refractivity contribution in [2.24, 2.45) is 0 Å². The number of benzene rings is 1. The molecule has 1 atom stereocenters. The molecule has 1 fully saturated rings. The number of morpholine rings is 1. The SMILES string of the molecule is COCC(=O)N1CCO[C@](Cc2ccc(-c3ccncc3)cc2)(C(=O)N(C)C)C1. The van der Waals surface area contributed by atoms with E-state index in [-0.39, 0.29) is 25.0 Å². The lowest BCUT2D eigenvalue weighted by atomic mass is 9.90. The molecule has 0 unspecified atom stereocenters. The van der Waals surface area contributed by atoms with Gasteiger partial charge in [-0.05, 0) is 28.8 Å². The molecule has 2 aromatic rings. The molecule has 154 valence electrons. The van der Waals surface area contributed by atoms with Crippen molar-refractivity contribution in [2.75, 3.05) is 47.5 Å². The summed E-state index contributed by atoms with van der Waals surface area (Å²) in [5.74, 6) is -0.287. The molecule has 0 saturated carbocycles. The Bertz CT molecular complexity index is 839. The number of pyridine rings is 1. The number of carbonyl (C=O) groups excluding carboxylic acids is 2. The van der Waals surface area contributed by atoms with Crippen molar-refractivity contribution in [3.05, 3.63) is 54.4 Å². The maximum Gasteiger partial charge on any atom is 0.256 e. The van der Waals surface area contributed by atoms with Crippen LogP contribution in [-0.4, -0.2) is 79.7 Å². The monoisotopic (exact) mass is 397 g/mol. The minimum absolute atomic E-state index is 0.00708. The van der Waals surface area contributed by atoms with Crippen molar-refractivity contribution in [1.82, 2.24) is 14.8 Å². The fourth-order valence-electron chi connectivity index (χ4n) is 3.62. The number of hydrogen-bond acceptors (Lipinski definition) is 5. The third-order valence-corrected chi connectivity index (χ3v) is 5.06. The summed E-state index contributed by atoms with van der Waals surface area (Å²) in [4.78, 5) is 32.6. The largest absolute Gasteiger partial charge is 0.375 e. The molecule has 29 heavy (non-hydrogen) atoms. The normalized spacial score (nSPS) is 19.1. The molecule has 0 N–H and O–H groups in total. The zero-order valence-electron chi connectivity index (χ0n) is 17.1. The molecular formula is C22H27N3O4. The smallest absolute Gasteiger partial charge is 0.256 e. The van der Waals surface area contributed by atoms with Crippen molar-refractivity contribution in [3.8, 4) is 11.1 Å². The summed E-state index contributed by atoms with van der Waals surface area (Å²) in [5, 5.41) is 0. The Morgan fingerprint density at radius 3 is 2.41 bits per heavy atom. The number of likely N-dealkylation sites (N-methyl/N-ethyl adjacent to an activating group) is 1. The highest BCUT2D eigenvalue weighted by Crippen LogP contribution is 2.27. The predicted molar refractivity (Wildman–Crippen MR) is 109 cm³/mol. The summed E-state index contributed by atoms with van der Waals surface area (Å²) in [6, 6.07) is 12.0. The first-order valence-corrected chi connectivity index (χ1v) is 9.57. The van der Waals surface area contributed by atoms with Crippen LogP contribution in [0.4, 0.5) is 0 Å². The molecule has 1 aromatic heterocycles. The second-order valence-corrected chi connectivity index (χ2v) is 7.40. The van der Waals surface area contributed by atoms with E-state index in [2.05, 4.69) is 4.98 Å². The molecule has 0 bridgehead atoms. The summed E-state index contributed by atoms with van der Waals surface area (Å²) >= 11 is 0. The molecule has 0 aliphatic carbocycles. The molecular weight excluding hydrogens is 370 g/mol. The molecule has 7 heteroatoms. The Morgan fingerprint density at radius 1 is 1.14 bits per heavy atom. The van der Waals surface area contributed by atoms with Gasteiger partial charge in [0.25, 0.3) is 5.91 Å². The molecule has 3 rings (SSSR count). The number of nitrogens with zero attached hydrogens (tertiary/aromatic N) is 3. The van der Waals surface area contributed by atoms with Crippen LogP contribution in [0.5, 0.6) is 0 Å². The van der Waals surface area contributed by atoms with E-state index in [1.54, 1.807) is 31.4 Å². The maximum absolute atomic E-state index is 13.1. The Kier molecular flexibility index (Phi) is 6.61. The summed E-state index contributed by atoms with van der Waals surface area (Å²) in [6.45, 7) is 0.959. The number of carbonyl (C=O) groups is 2. The third kappa shape index (κ3) is 4.81. The van der Waals surface area contributed by atoms with Crippen LogP contribution >= 0.6 is 0 Å². The fraction of sp³-hybridized carbons (Fsp3) is 0.409. The maximum atomic E-state index is 13.1. The van der Waals surface area contributed by atoms with Crippen LogP contribution in [-0.2, 0) is 25.5 Å². The van der Waals surface area contributed by atoms with Gasteiger partial charge in [-0.15, -0.1) is 0 Å². The number of rotatable bonds is 6. The molecule has 1 aliphatic heterocycles. The van der Waals surface area contributed by atoms with Crippen LogP contribution in [0.2, 0.25) is 0 Å². The lowest BCUT2D eigenvalue weighted by Crippen LogP contribution is -2.62. The van der Waals surface area contributed by atoms with Gasteiger partial charge in [0.05, 0.1) is 13.2 Å². The van der Waals surface area contributed by atoms with E-state index in [0.717, 1.165) is 16.7 Å². The third-order valence-electron chi connectivity index (χ3n) is 5.06. The van der Waals surface area contributed by atoms with E-state index < -0.39 is 5.60 Å². The number of methoxy groups -OCH3 is 1. The van der Waals surface area contributed by atoms with E-state index in [4.69, 9.17) is 9.47 Å². The van der Waals surface area contributed by atoms with Gasteiger partial charge in [0, 0.05) is 46.6 Å². The van der Waals surface area contributed by atoms with Crippen LogP contribution < -0.4 is 0 Å². The second kappa shape index (κ2) is 9.15. The molecule has 2 heterocycles. The van der Waals surface area contributed by atoms with Gasteiger partial charge in [0.1, 0.15) is 6.61 Å². The van der Waals surface area contributed by atoms with E-state index in [1.165, 1.54) is 12.0 Å². The van der Waals surface area contributed by atoms with Gasteiger partial charge < -0.3 is 19.3 Å². The standard InChI is InChI=1S/C22H27N3O4/c1-24(2)21(27)22(16-25(12-13-29-22)20(26)15-28-3)14-17-4-6-18(7-5-17)19-8-10-23-11-9-19/h4-11H,12-16H2,1-3H3/t22-/m0/s1. The zero-order valence-corrected chi connectivity index (χ0v) is 17.1. The van der Waals surface area contributed by atoms with E-state index in [9.17, 15) is 9.59 Å². The lowest BCUT2D eigenvalue weighted by molar-refractivity contribution is -0.173. The fourth-order valence-corrected chi connectivity index (χ4v) is 3.62. The molecule has 7 nitrogen and oxygen atoms in total. The first-order chi connectivity index (χ1) is 13.9. The second-order valence-electron chi connectivity index (χ2n) is 7.40. The first kappa shape index (κ1) is 21.0. The van der Waals surface area contributed by atoms with Gasteiger partial charge in [-0.25, -0.2) is 0 Å². The zero-order chi connectivity index (χ0) is 20.9. The van der Waals surface area contributed by atoms with Crippen LogP contribution in [0.15, 0.2) is 48.8 Å². The molecule has 1 aliphatic rings. The van der Waals surface area contributed by atoms with Crippen molar-refractivity contribution >= 4 is 11.8 Å². The number of hydrogen-bond donors (Lipinski definition) is 0. The van der Waals surface area contributed by atoms with Crippen molar-refractivity contribution in [2.45, 2.75) is 12.0 Å². The van der Waals surface area contributed by atoms with Crippen molar-refractivity contribution in [1.29, 1.82) is 0 Å². The average Bonchev–Trinajstić information content (AvgIpc) is 2.74. The Hall–Kier alpha value is -2.77. The van der Waals surface area contributed by atoms with Gasteiger partial charge >= 0.3 is 0 Å². The summed E-state index contributed by atoms with van der Waals surface area (Å²) in [5.41, 5.74) is 2.02. The van der Waals surface area contributed by atoms with E-state index >= 15 is 0 Å². The highest BCUT2D eigenvalue weighted by atomic mass is 16.5. The van der Waals surface area contributed by atoms with Gasteiger partial charge in [-0.2, -0.15) is 0 Å². The average molecular weight is 397 g/mol. The lowest BCUT2D eigenvalue weighted by Gasteiger charge is -2.42. The first-order valence-electron chi connectivity index (χ1n) is 9.57.